The molecule has 1 aliphatic rings. The second-order valence-electron chi connectivity index (χ2n) is 5.98. The molecule has 0 unspecified atom stereocenters. The van der Waals surface area contributed by atoms with Crippen LogP contribution in [-0.2, 0) is 4.79 Å². The van der Waals surface area contributed by atoms with E-state index in [-0.39, 0.29) is 23.8 Å². The molecule has 2 aromatic rings. The van der Waals surface area contributed by atoms with Crippen LogP contribution in [0.3, 0.4) is 0 Å². The van der Waals surface area contributed by atoms with Gasteiger partial charge in [0.25, 0.3) is 5.91 Å². The van der Waals surface area contributed by atoms with E-state index in [0.717, 1.165) is 29.0 Å². The van der Waals surface area contributed by atoms with Crippen molar-refractivity contribution in [1.82, 2.24) is 5.32 Å². The summed E-state index contributed by atoms with van der Waals surface area (Å²) in [5.41, 5.74) is 2.27. The number of thiophene rings is 1. The van der Waals surface area contributed by atoms with Gasteiger partial charge in [0, 0.05) is 5.92 Å². The first-order valence-electron chi connectivity index (χ1n) is 7.81. The maximum Gasteiger partial charge on any atom is 0.261 e. The number of carbonyl (C=O) groups is 2. The standard InChI is InChI=1S/C18H20N2O2S/c1-11-5-3-4-6-14(11)12(2)19-18(22)15-9-10-16(23-15)20-17(21)13-7-8-13/h3-6,9-10,12-13H,7-8H2,1-2H3,(H,19,22)(H,20,21)/t12-/m1/s1. The van der Waals surface area contributed by atoms with Crippen molar-refractivity contribution in [1.29, 1.82) is 0 Å². The van der Waals surface area contributed by atoms with Crippen LogP contribution in [0.2, 0.25) is 0 Å². The van der Waals surface area contributed by atoms with Crippen molar-refractivity contribution in [2.24, 2.45) is 5.92 Å². The van der Waals surface area contributed by atoms with Crippen molar-refractivity contribution in [3.8, 4) is 0 Å². The van der Waals surface area contributed by atoms with Crippen molar-refractivity contribution in [2.75, 3.05) is 5.32 Å². The third-order valence-corrected chi connectivity index (χ3v) is 5.03. The molecule has 1 aromatic carbocycles. The van der Waals surface area contributed by atoms with Gasteiger partial charge in [-0.2, -0.15) is 0 Å². The topological polar surface area (TPSA) is 58.2 Å². The highest BCUT2D eigenvalue weighted by molar-refractivity contribution is 7.18. The van der Waals surface area contributed by atoms with Gasteiger partial charge in [-0.05, 0) is 49.9 Å². The smallest absolute Gasteiger partial charge is 0.261 e. The van der Waals surface area contributed by atoms with Gasteiger partial charge < -0.3 is 10.6 Å². The van der Waals surface area contributed by atoms with E-state index in [2.05, 4.69) is 10.6 Å². The van der Waals surface area contributed by atoms with E-state index in [9.17, 15) is 9.59 Å². The highest BCUT2D eigenvalue weighted by Crippen LogP contribution is 2.31. The molecule has 2 N–H and O–H groups in total. The maximum absolute atomic E-state index is 12.4. The molecular formula is C18H20N2O2S. The van der Waals surface area contributed by atoms with Crippen LogP contribution >= 0.6 is 11.3 Å². The molecule has 1 heterocycles. The van der Waals surface area contributed by atoms with Gasteiger partial charge in [-0.15, -0.1) is 11.3 Å². The molecule has 120 valence electrons. The Morgan fingerprint density at radius 1 is 1.17 bits per heavy atom. The molecule has 1 aliphatic carbocycles. The van der Waals surface area contributed by atoms with Gasteiger partial charge in [0.2, 0.25) is 5.91 Å². The Balaban J connectivity index is 1.63. The molecule has 0 spiro atoms. The Bertz CT molecular complexity index is 734. The minimum atomic E-state index is -0.113. The number of aryl methyl sites for hydroxylation is 1. The highest BCUT2D eigenvalue weighted by Gasteiger charge is 2.29. The number of benzene rings is 1. The van der Waals surface area contributed by atoms with Gasteiger partial charge in [-0.3, -0.25) is 9.59 Å². The highest BCUT2D eigenvalue weighted by atomic mass is 32.1. The van der Waals surface area contributed by atoms with Gasteiger partial charge in [0.05, 0.1) is 15.9 Å². The van der Waals surface area contributed by atoms with Crippen LogP contribution in [0.5, 0.6) is 0 Å². The Morgan fingerprint density at radius 2 is 1.91 bits per heavy atom. The summed E-state index contributed by atoms with van der Waals surface area (Å²) >= 11 is 1.31. The Labute approximate surface area is 139 Å². The van der Waals surface area contributed by atoms with Crippen molar-refractivity contribution < 1.29 is 9.59 Å². The maximum atomic E-state index is 12.4. The molecule has 0 aliphatic heterocycles. The van der Waals surface area contributed by atoms with Crippen LogP contribution < -0.4 is 10.6 Å². The first-order chi connectivity index (χ1) is 11.0. The van der Waals surface area contributed by atoms with Gasteiger partial charge in [-0.1, -0.05) is 24.3 Å². The minimum absolute atomic E-state index is 0.0599. The summed E-state index contributed by atoms with van der Waals surface area (Å²) in [6.07, 6.45) is 1.94. The third kappa shape index (κ3) is 3.79. The lowest BCUT2D eigenvalue weighted by atomic mass is 10.0. The number of nitrogens with one attached hydrogen (secondary N) is 2. The molecule has 2 amide bonds. The van der Waals surface area contributed by atoms with Crippen LogP contribution in [0, 0.1) is 12.8 Å². The SMILES string of the molecule is Cc1ccccc1[C@@H](C)NC(=O)c1ccc(NC(=O)C2CC2)s1. The molecular weight excluding hydrogens is 308 g/mol. The number of amides is 2. The van der Waals surface area contributed by atoms with Crippen molar-refractivity contribution in [3.63, 3.8) is 0 Å². The van der Waals surface area contributed by atoms with E-state index >= 15 is 0 Å². The molecule has 3 rings (SSSR count). The lowest BCUT2D eigenvalue weighted by Crippen LogP contribution is -2.26. The quantitative estimate of drug-likeness (QED) is 0.874. The molecule has 0 saturated heterocycles. The summed E-state index contributed by atoms with van der Waals surface area (Å²) in [5, 5.41) is 6.62. The first kappa shape index (κ1) is 15.7. The lowest BCUT2D eigenvalue weighted by molar-refractivity contribution is -0.117. The van der Waals surface area contributed by atoms with Crippen LogP contribution in [0.25, 0.3) is 0 Å². The normalized spacial score (nSPS) is 15.0. The van der Waals surface area contributed by atoms with Crippen LogP contribution in [0.1, 0.15) is 46.6 Å². The fourth-order valence-electron chi connectivity index (χ4n) is 2.51. The van der Waals surface area contributed by atoms with E-state index in [1.807, 2.05) is 38.1 Å². The number of carbonyl (C=O) groups excluding carboxylic acids is 2. The van der Waals surface area contributed by atoms with Crippen molar-refractivity contribution in [2.45, 2.75) is 32.7 Å². The zero-order valence-electron chi connectivity index (χ0n) is 13.3. The summed E-state index contributed by atoms with van der Waals surface area (Å²) < 4.78 is 0. The summed E-state index contributed by atoms with van der Waals surface area (Å²) in [4.78, 5) is 24.7. The molecule has 5 heteroatoms. The zero-order chi connectivity index (χ0) is 16.4. The summed E-state index contributed by atoms with van der Waals surface area (Å²) in [6.45, 7) is 4.01. The fourth-order valence-corrected chi connectivity index (χ4v) is 3.33. The number of hydrogen-bond acceptors (Lipinski definition) is 3. The largest absolute Gasteiger partial charge is 0.345 e. The number of rotatable bonds is 5. The van der Waals surface area contributed by atoms with E-state index in [1.165, 1.54) is 11.3 Å². The predicted molar refractivity (Wildman–Crippen MR) is 92.7 cm³/mol. The molecule has 1 atom stereocenters. The average Bonchev–Trinajstić information content (AvgIpc) is 3.28. The van der Waals surface area contributed by atoms with E-state index in [1.54, 1.807) is 12.1 Å². The molecule has 1 aromatic heterocycles. The molecule has 1 saturated carbocycles. The molecule has 0 bridgehead atoms. The van der Waals surface area contributed by atoms with Gasteiger partial charge in [0.15, 0.2) is 0 Å². The van der Waals surface area contributed by atoms with Gasteiger partial charge >= 0.3 is 0 Å². The van der Waals surface area contributed by atoms with Crippen LogP contribution in [0.15, 0.2) is 36.4 Å². The average molecular weight is 328 g/mol. The summed E-state index contributed by atoms with van der Waals surface area (Å²) in [7, 11) is 0. The predicted octanol–water partition coefficient (Wildman–Crippen LogP) is 3.90. The van der Waals surface area contributed by atoms with Gasteiger partial charge in [-0.25, -0.2) is 0 Å². The molecule has 23 heavy (non-hydrogen) atoms. The summed E-state index contributed by atoms with van der Waals surface area (Å²) in [6, 6.07) is 11.5. The molecule has 0 radical (unpaired) electrons. The third-order valence-electron chi connectivity index (χ3n) is 4.03. The van der Waals surface area contributed by atoms with Crippen molar-refractivity contribution in [3.05, 3.63) is 52.4 Å². The molecule has 1 fully saturated rings. The number of hydrogen-bond donors (Lipinski definition) is 2. The minimum Gasteiger partial charge on any atom is -0.345 e. The Hall–Kier alpha value is -2.14. The van der Waals surface area contributed by atoms with E-state index in [4.69, 9.17) is 0 Å². The molecule has 4 nitrogen and oxygen atoms in total. The zero-order valence-corrected chi connectivity index (χ0v) is 14.1. The Kier molecular flexibility index (Phi) is 4.48. The van der Waals surface area contributed by atoms with Gasteiger partial charge in [0.1, 0.15) is 0 Å². The lowest BCUT2D eigenvalue weighted by Gasteiger charge is -2.15. The van der Waals surface area contributed by atoms with Crippen LogP contribution in [-0.4, -0.2) is 11.8 Å². The fraction of sp³-hybridized carbons (Fsp3) is 0.333. The second kappa shape index (κ2) is 6.54. The van der Waals surface area contributed by atoms with Crippen LogP contribution in [0.4, 0.5) is 5.00 Å². The Morgan fingerprint density at radius 3 is 2.61 bits per heavy atom. The monoisotopic (exact) mass is 328 g/mol. The van der Waals surface area contributed by atoms with E-state index in [0.29, 0.717) is 4.88 Å². The number of anilines is 1. The van der Waals surface area contributed by atoms with E-state index < -0.39 is 0 Å². The first-order valence-corrected chi connectivity index (χ1v) is 8.63. The summed E-state index contributed by atoms with van der Waals surface area (Å²) in [5.74, 6) is 0.111. The second-order valence-corrected chi connectivity index (χ2v) is 7.06. The van der Waals surface area contributed by atoms with Crippen molar-refractivity contribution >= 4 is 28.2 Å².